The van der Waals surface area contributed by atoms with Crippen LogP contribution in [0.15, 0.2) is 72.8 Å². The Kier molecular flexibility index (Phi) is 5.67. The van der Waals surface area contributed by atoms with Crippen molar-refractivity contribution in [3.05, 3.63) is 99.1 Å². The molecule has 0 heterocycles. The van der Waals surface area contributed by atoms with Crippen LogP contribution in [0, 0.1) is 10.1 Å². The number of nitro benzene ring substituents is 1. The van der Waals surface area contributed by atoms with Crippen LogP contribution in [0.4, 0.5) is 17.1 Å². The second-order valence-corrected chi connectivity index (χ2v) is 6.18. The van der Waals surface area contributed by atoms with Gasteiger partial charge in [-0.05, 0) is 42.5 Å². The van der Waals surface area contributed by atoms with Gasteiger partial charge in [-0.3, -0.25) is 19.7 Å². The third-order valence-electron chi connectivity index (χ3n) is 3.84. The number of benzene rings is 3. The van der Waals surface area contributed by atoms with Gasteiger partial charge in [-0.15, -0.1) is 0 Å². The number of rotatable bonds is 5. The van der Waals surface area contributed by atoms with Crippen molar-refractivity contribution >= 4 is 40.5 Å². The second-order valence-electron chi connectivity index (χ2n) is 5.77. The Balaban J connectivity index is 1.70. The monoisotopic (exact) mass is 395 g/mol. The van der Waals surface area contributed by atoms with Crippen LogP contribution < -0.4 is 10.6 Å². The molecule has 0 spiro atoms. The summed E-state index contributed by atoms with van der Waals surface area (Å²) in [4.78, 5) is 34.9. The van der Waals surface area contributed by atoms with E-state index >= 15 is 0 Å². The number of nitrogens with one attached hydrogen (secondary N) is 2. The van der Waals surface area contributed by atoms with E-state index in [1.165, 1.54) is 12.1 Å². The van der Waals surface area contributed by atoms with Gasteiger partial charge in [0.05, 0.1) is 15.5 Å². The highest BCUT2D eigenvalue weighted by Gasteiger charge is 2.16. The van der Waals surface area contributed by atoms with E-state index in [0.717, 1.165) is 6.07 Å². The normalized spacial score (nSPS) is 10.2. The number of carbonyl (C=O) groups excluding carboxylic acids is 2. The summed E-state index contributed by atoms with van der Waals surface area (Å²) >= 11 is 5.97. The van der Waals surface area contributed by atoms with Gasteiger partial charge < -0.3 is 10.6 Å². The van der Waals surface area contributed by atoms with Gasteiger partial charge in [-0.25, -0.2) is 0 Å². The molecule has 8 heteroatoms. The SMILES string of the molecule is O=C(Nc1ccccc1)c1ccc(NC(=O)c2cc([N+](=O)[O-])ccc2Cl)cc1. The number of anilines is 2. The average Bonchev–Trinajstić information content (AvgIpc) is 2.69. The Labute approximate surface area is 165 Å². The van der Waals surface area contributed by atoms with Gasteiger partial charge in [0.15, 0.2) is 0 Å². The minimum atomic E-state index is -0.604. The molecule has 0 radical (unpaired) electrons. The maximum atomic E-state index is 12.4. The molecule has 0 aliphatic carbocycles. The molecule has 3 aromatic rings. The van der Waals surface area contributed by atoms with Crippen LogP contribution in [0.1, 0.15) is 20.7 Å². The highest BCUT2D eigenvalue weighted by atomic mass is 35.5. The minimum Gasteiger partial charge on any atom is -0.322 e. The van der Waals surface area contributed by atoms with Crippen LogP contribution in [-0.4, -0.2) is 16.7 Å². The molecule has 0 saturated carbocycles. The molecule has 2 N–H and O–H groups in total. The molecule has 0 fully saturated rings. The lowest BCUT2D eigenvalue weighted by Crippen LogP contribution is -2.14. The Morgan fingerprint density at radius 1 is 0.821 bits per heavy atom. The Morgan fingerprint density at radius 3 is 2.07 bits per heavy atom. The van der Waals surface area contributed by atoms with Crippen molar-refractivity contribution in [1.29, 1.82) is 0 Å². The highest BCUT2D eigenvalue weighted by molar-refractivity contribution is 6.34. The molecular formula is C20H14ClN3O4. The lowest BCUT2D eigenvalue weighted by molar-refractivity contribution is -0.384. The van der Waals surface area contributed by atoms with Crippen molar-refractivity contribution in [2.75, 3.05) is 10.6 Å². The zero-order valence-electron chi connectivity index (χ0n) is 14.4. The summed E-state index contributed by atoms with van der Waals surface area (Å²) < 4.78 is 0. The molecule has 0 atom stereocenters. The molecule has 0 aliphatic heterocycles. The fourth-order valence-corrected chi connectivity index (χ4v) is 2.63. The summed E-state index contributed by atoms with van der Waals surface area (Å²) in [5.74, 6) is -0.874. The van der Waals surface area contributed by atoms with Crippen LogP contribution in [-0.2, 0) is 0 Å². The van der Waals surface area contributed by atoms with Crippen LogP contribution in [0.3, 0.4) is 0 Å². The summed E-state index contributed by atoms with van der Waals surface area (Å²) in [7, 11) is 0. The van der Waals surface area contributed by atoms with Crippen molar-refractivity contribution in [1.82, 2.24) is 0 Å². The van der Waals surface area contributed by atoms with Crippen molar-refractivity contribution in [3.8, 4) is 0 Å². The molecule has 140 valence electrons. The zero-order chi connectivity index (χ0) is 20.1. The molecule has 7 nitrogen and oxygen atoms in total. The molecule has 3 aromatic carbocycles. The fourth-order valence-electron chi connectivity index (χ4n) is 2.43. The molecule has 2 amide bonds. The number of amides is 2. The van der Waals surface area contributed by atoms with E-state index in [-0.39, 0.29) is 22.2 Å². The first-order chi connectivity index (χ1) is 13.4. The lowest BCUT2D eigenvalue weighted by Gasteiger charge is -2.08. The number of nitrogens with zero attached hydrogens (tertiary/aromatic N) is 1. The minimum absolute atomic E-state index is 0.0123. The van der Waals surface area contributed by atoms with Gasteiger partial charge in [0.1, 0.15) is 0 Å². The third-order valence-corrected chi connectivity index (χ3v) is 4.17. The van der Waals surface area contributed by atoms with Gasteiger partial charge in [0.25, 0.3) is 17.5 Å². The maximum Gasteiger partial charge on any atom is 0.270 e. The Bertz CT molecular complexity index is 1040. The molecule has 28 heavy (non-hydrogen) atoms. The van der Waals surface area contributed by atoms with E-state index in [1.807, 2.05) is 18.2 Å². The molecule has 0 saturated heterocycles. The first-order valence-electron chi connectivity index (χ1n) is 8.16. The smallest absolute Gasteiger partial charge is 0.270 e. The number of para-hydroxylation sites is 1. The second kappa shape index (κ2) is 8.32. The summed E-state index contributed by atoms with van der Waals surface area (Å²) in [6, 6.07) is 18.9. The summed E-state index contributed by atoms with van der Waals surface area (Å²) in [6.07, 6.45) is 0. The van der Waals surface area contributed by atoms with Crippen LogP contribution >= 0.6 is 11.6 Å². The molecular weight excluding hydrogens is 382 g/mol. The van der Waals surface area contributed by atoms with Crippen LogP contribution in [0.2, 0.25) is 5.02 Å². The van der Waals surface area contributed by atoms with E-state index in [4.69, 9.17) is 11.6 Å². The van der Waals surface area contributed by atoms with Gasteiger partial charge in [0.2, 0.25) is 0 Å². The third kappa shape index (κ3) is 4.52. The molecule has 3 rings (SSSR count). The van der Waals surface area contributed by atoms with Crippen molar-refractivity contribution in [2.45, 2.75) is 0 Å². The van der Waals surface area contributed by atoms with Gasteiger partial charge in [-0.1, -0.05) is 29.8 Å². The zero-order valence-corrected chi connectivity index (χ0v) is 15.1. The van der Waals surface area contributed by atoms with E-state index in [1.54, 1.807) is 36.4 Å². The molecule has 0 unspecified atom stereocenters. The van der Waals surface area contributed by atoms with E-state index in [0.29, 0.717) is 16.9 Å². The number of non-ortho nitro benzene ring substituents is 1. The number of nitro groups is 1. The highest BCUT2D eigenvalue weighted by Crippen LogP contribution is 2.23. The lowest BCUT2D eigenvalue weighted by atomic mass is 10.1. The topological polar surface area (TPSA) is 101 Å². The number of hydrogen-bond donors (Lipinski definition) is 2. The first kappa shape index (κ1) is 19.1. The predicted molar refractivity (Wildman–Crippen MR) is 107 cm³/mol. The van der Waals surface area contributed by atoms with Gasteiger partial charge in [-0.2, -0.15) is 0 Å². The predicted octanol–water partition coefficient (Wildman–Crippen LogP) is 4.75. The quantitative estimate of drug-likeness (QED) is 0.480. The van der Waals surface area contributed by atoms with E-state index < -0.39 is 10.8 Å². The van der Waals surface area contributed by atoms with Gasteiger partial charge in [0, 0.05) is 29.1 Å². The summed E-state index contributed by atoms with van der Waals surface area (Å²) in [6.45, 7) is 0. The largest absolute Gasteiger partial charge is 0.322 e. The molecule has 0 bridgehead atoms. The van der Waals surface area contributed by atoms with Crippen LogP contribution in [0.25, 0.3) is 0 Å². The number of hydrogen-bond acceptors (Lipinski definition) is 4. The standard InChI is InChI=1S/C20H14ClN3O4/c21-18-11-10-16(24(27)28)12-17(18)20(26)23-15-8-6-13(7-9-15)19(25)22-14-4-2-1-3-5-14/h1-12H,(H,22,25)(H,23,26). The Hall–Kier alpha value is -3.71. The molecule has 0 aliphatic rings. The maximum absolute atomic E-state index is 12.4. The first-order valence-corrected chi connectivity index (χ1v) is 8.53. The summed E-state index contributed by atoms with van der Waals surface area (Å²) in [5.41, 5.74) is 1.26. The number of carbonyl (C=O) groups is 2. The van der Waals surface area contributed by atoms with Gasteiger partial charge >= 0.3 is 0 Å². The van der Waals surface area contributed by atoms with Crippen molar-refractivity contribution < 1.29 is 14.5 Å². The Morgan fingerprint density at radius 2 is 1.43 bits per heavy atom. The average molecular weight is 396 g/mol. The van der Waals surface area contributed by atoms with E-state index in [2.05, 4.69) is 10.6 Å². The number of halogens is 1. The summed E-state index contributed by atoms with van der Waals surface area (Å²) in [5, 5.41) is 16.3. The fraction of sp³-hybridized carbons (Fsp3) is 0. The molecule has 0 aromatic heterocycles. The van der Waals surface area contributed by atoms with Crippen LogP contribution in [0.5, 0.6) is 0 Å². The van der Waals surface area contributed by atoms with Crippen molar-refractivity contribution in [2.24, 2.45) is 0 Å². The van der Waals surface area contributed by atoms with Crippen molar-refractivity contribution in [3.63, 3.8) is 0 Å². The van der Waals surface area contributed by atoms with E-state index in [9.17, 15) is 19.7 Å².